The molecule has 5 aromatic rings. The lowest BCUT2D eigenvalue weighted by Crippen LogP contribution is -2.22. The Bertz CT molecular complexity index is 1590. The van der Waals surface area contributed by atoms with E-state index in [1.165, 1.54) is 0 Å². The molecule has 34 heavy (non-hydrogen) atoms. The first-order valence-corrected chi connectivity index (χ1v) is 11.1. The van der Waals surface area contributed by atoms with Crippen LogP contribution in [0, 0.1) is 6.92 Å². The summed E-state index contributed by atoms with van der Waals surface area (Å²) in [6.45, 7) is 4.15. The third-order valence-corrected chi connectivity index (χ3v) is 5.74. The Kier molecular flexibility index (Phi) is 5.55. The van der Waals surface area contributed by atoms with Crippen LogP contribution in [0.1, 0.15) is 23.1 Å². The molecular weight excluding hydrogens is 426 g/mol. The van der Waals surface area contributed by atoms with Crippen LogP contribution in [0.4, 0.5) is 5.69 Å². The minimum Gasteiger partial charge on any atom is -0.493 e. The van der Waals surface area contributed by atoms with Gasteiger partial charge in [0.25, 0.3) is 11.5 Å². The second-order valence-electron chi connectivity index (χ2n) is 7.91. The fraction of sp³-hybridized carbons (Fsp3) is 0.107. The first kappa shape index (κ1) is 21.4. The Morgan fingerprint density at radius 3 is 2.38 bits per heavy atom. The Morgan fingerprint density at radius 2 is 1.62 bits per heavy atom. The second-order valence-corrected chi connectivity index (χ2v) is 7.91. The molecule has 0 bridgehead atoms. The highest BCUT2D eigenvalue weighted by Crippen LogP contribution is 2.29. The van der Waals surface area contributed by atoms with Gasteiger partial charge in [0.1, 0.15) is 11.6 Å². The highest BCUT2D eigenvalue weighted by atomic mass is 16.5. The average molecular weight is 450 g/mol. The first-order valence-electron chi connectivity index (χ1n) is 11.1. The van der Waals surface area contributed by atoms with Gasteiger partial charge in [-0.05, 0) is 67.1 Å². The molecule has 5 rings (SSSR count). The number of aromatic nitrogens is 2. The normalized spacial score (nSPS) is 11.0. The van der Waals surface area contributed by atoms with Crippen molar-refractivity contribution < 1.29 is 9.53 Å². The van der Waals surface area contributed by atoms with Gasteiger partial charge in [0.2, 0.25) is 0 Å². The van der Waals surface area contributed by atoms with Crippen LogP contribution in [0.5, 0.6) is 5.75 Å². The largest absolute Gasteiger partial charge is 0.493 e. The number of ether oxygens (including phenoxy) is 1. The third-order valence-electron chi connectivity index (χ3n) is 5.74. The van der Waals surface area contributed by atoms with Gasteiger partial charge in [0, 0.05) is 5.69 Å². The van der Waals surface area contributed by atoms with E-state index < -0.39 is 0 Å². The predicted octanol–water partition coefficient (Wildman–Crippen LogP) is 5.50. The molecule has 0 aliphatic rings. The van der Waals surface area contributed by atoms with Gasteiger partial charge in [0.15, 0.2) is 0 Å². The van der Waals surface area contributed by atoms with Crippen molar-refractivity contribution in [3.8, 4) is 11.4 Å². The summed E-state index contributed by atoms with van der Waals surface area (Å²) in [5.41, 5.74) is 2.33. The van der Waals surface area contributed by atoms with Crippen molar-refractivity contribution in [1.82, 2.24) is 9.55 Å². The lowest BCUT2D eigenvalue weighted by molar-refractivity contribution is 0.102. The van der Waals surface area contributed by atoms with Crippen LogP contribution < -0.4 is 15.6 Å². The lowest BCUT2D eigenvalue weighted by atomic mass is 10.0. The zero-order valence-electron chi connectivity index (χ0n) is 18.9. The number of aryl methyl sites for hydroxylation is 1. The number of rotatable bonds is 5. The molecule has 0 radical (unpaired) electrons. The number of nitrogens with one attached hydrogen (secondary N) is 1. The predicted molar refractivity (Wildman–Crippen MR) is 135 cm³/mol. The van der Waals surface area contributed by atoms with Gasteiger partial charge >= 0.3 is 0 Å². The summed E-state index contributed by atoms with van der Waals surface area (Å²) in [7, 11) is 0. The fourth-order valence-corrected chi connectivity index (χ4v) is 4.20. The standard InChI is InChI=1S/C28H23N3O3/c1-3-34-25-17-12-19-8-4-5-9-22(19)26(25)27(32)30-20-13-15-21(16-14-20)31-18(2)29-24-11-7-6-10-23(24)28(31)33/h4-17H,3H2,1-2H3,(H,30,32). The molecule has 168 valence electrons. The maximum Gasteiger partial charge on any atom is 0.265 e. The molecular formula is C28H23N3O3. The molecule has 1 N–H and O–H groups in total. The van der Waals surface area contributed by atoms with Gasteiger partial charge in [-0.2, -0.15) is 0 Å². The zero-order chi connectivity index (χ0) is 23.7. The quantitative estimate of drug-likeness (QED) is 0.385. The van der Waals surface area contributed by atoms with Crippen molar-refractivity contribution in [1.29, 1.82) is 0 Å². The molecule has 0 unspecified atom stereocenters. The Morgan fingerprint density at radius 1 is 0.912 bits per heavy atom. The number of hydrogen-bond acceptors (Lipinski definition) is 4. The van der Waals surface area contributed by atoms with Gasteiger partial charge in [-0.1, -0.05) is 42.5 Å². The molecule has 6 heteroatoms. The highest BCUT2D eigenvalue weighted by Gasteiger charge is 2.17. The number of fused-ring (bicyclic) bond motifs is 2. The average Bonchev–Trinajstić information content (AvgIpc) is 2.85. The van der Waals surface area contributed by atoms with Crippen molar-refractivity contribution in [3.05, 3.63) is 107 Å². The molecule has 4 aromatic carbocycles. The van der Waals surface area contributed by atoms with E-state index in [2.05, 4.69) is 10.3 Å². The molecule has 0 aliphatic heterocycles. The Hall–Kier alpha value is -4.45. The molecule has 6 nitrogen and oxygen atoms in total. The number of para-hydroxylation sites is 1. The lowest BCUT2D eigenvalue weighted by Gasteiger charge is -2.14. The van der Waals surface area contributed by atoms with Crippen LogP contribution in [-0.4, -0.2) is 22.1 Å². The summed E-state index contributed by atoms with van der Waals surface area (Å²) in [4.78, 5) is 30.9. The summed E-state index contributed by atoms with van der Waals surface area (Å²) in [5.74, 6) is 0.881. The summed E-state index contributed by atoms with van der Waals surface area (Å²) < 4.78 is 7.31. The van der Waals surface area contributed by atoms with Crippen molar-refractivity contribution >= 4 is 33.3 Å². The van der Waals surface area contributed by atoms with E-state index in [1.807, 2.05) is 61.5 Å². The van der Waals surface area contributed by atoms with Gasteiger partial charge < -0.3 is 10.1 Å². The minimum absolute atomic E-state index is 0.128. The van der Waals surface area contributed by atoms with Crippen molar-refractivity contribution in [2.75, 3.05) is 11.9 Å². The van der Waals surface area contributed by atoms with Crippen LogP contribution in [0.15, 0.2) is 89.7 Å². The molecule has 0 saturated carbocycles. The molecule has 0 fully saturated rings. The van der Waals surface area contributed by atoms with Crippen molar-refractivity contribution in [2.45, 2.75) is 13.8 Å². The molecule has 0 saturated heterocycles. The van der Waals surface area contributed by atoms with Crippen LogP contribution in [0.2, 0.25) is 0 Å². The number of hydrogen-bond donors (Lipinski definition) is 1. The number of carbonyl (C=O) groups is 1. The SMILES string of the molecule is CCOc1ccc2ccccc2c1C(=O)Nc1ccc(-n2c(C)nc3ccccc3c2=O)cc1. The maximum atomic E-state index is 13.3. The maximum absolute atomic E-state index is 13.3. The van der Waals surface area contributed by atoms with E-state index in [0.717, 1.165) is 10.8 Å². The third kappa shape index (κ3) is 3.79. The van der Waals surface area contributed by atoms with Crippen molar-refractivity contribution in [2.24, 2.45) is 0 Å². The van der Waals surface area contributed by atoms with E-state index >= 15 is 0 Å². The number of carbonyl (C=O) groups excluding carboxylic acids is 1. The van der Waals surface area contributed by atoms with Gasteiger partial charge in [-0.3, -0.25) is 14.2 Å². The minimum atomic E-state index is -0.256. The number of nitrogens with zero attached hydrogens (tertiary/aromatic N) is 2. The number of amides is 1. The van der Waals surface area contributed by atoms with Gasteiger partial charge in [-0.15, -0.1) is 0 Å². The molecule has 1 aromatic heterocycles. The van der Waals surface area contributed by atoms with E-state index in [-0.39, 0.29) is 11.5 Å². The Balaban J connectivity index is 1.48. The first-order chi connectivity index (χ1) is 16.6. The zero-order valence-corrected chi connectivity index (χ0v) is 18.9. The smallest absolute Gasteiger partial charge is 0.265 e. The molecule has 1 amide bonds. The summed E-state index contributed by atoms with van der Waals surface area (Å²) >= 11 is 0. The topological polar surface area (TPSA) is 73.2 Å². The van der Waals surface area contributed by atoms with E-state index in [4.69, 9.17) is 4.74 Å². The molecule has 0 spiro atoms. The van der Waals surface area contributed by atoms with Gasteiger partial charge in [-0.25, -0.2) is 4.98 Å². The van der Waals surface area contributed by atoms with Crippen LogP contribution in [0.3, 0.4) is 0 Å². The summed E-state index contributed by atoms with van der Waals surface area (Å²) in [6, 6.07) is 25.9. The summed E-state index contributed by atoms with van der Waals surface area (Å²) in [6.07, 6.45) is 0. The summed E-state index contributed by atoms with van der Waals surface area (Å²) in [5, 5.41) is 5.31. The number of benzene rings is 4. The van der Waals surface area contributed by atoms with Crippen LogP contribution in [0.25, 0.3) is 27.4 Å². The Labute approximate surface area is 196 Å². The number of anilines is 1. The van der Waals surface area contributed by atoms with Crippen LogP contribution in [-0.2, 0) is 0 Å². The van der Waals surface area contributed by atoms with Crippen LogP contribution >= 0.6 is 0 Å². The fourth-order valence-electron chi connectivity index (χ4n) is 4.20. The second kappa shape index (κ2) is 8.83. The highest BCUT2D eigenvalue weighted by molar-refractivity contribution is 6.15. The van der Waals surface area contributed by atoms with Gasteiger partial charge in [0.05, 0.1) is 28.8 Å². The van der Waals surface area contributed by atoms with E-state index in [0.29, 0.717) is 46.0 Å². The van der Waals surface area contributed by atoms with E-state index in [1.54, 1.807) is 41.8 Å². The molecule has 0 aliphatic carbocycles. The van der Waals surface area contributed by atoms with Crippen molar-refractivity contribution in [3.63, 3.8) is 0 Å². The van der Waals surface area contributed by atoms with E-state index in [9.17, 15) is 9.59 Å². The molecule has 1 heterocycles. The molecule has 0 atom stereocenters. The monoisotopic (exact) mass is 449 g/mol.